The summed E-state index contributed by atoms with van der Waals surface area (Å²) in [4.78, 5) is 5.93. The number of aromatic nitrogens is 2. The van der Waals surface area contributed by atoms with E-state index in [4.69, 9.17) is 0 Å². The number of rotatable bonds is 0. The average molecular weight is 105 g/mol. The van der Waals surface area contributed by atoms with E-state index < -0.39 is 0 Å². The van der Waals surface area contributed by atoms with Gasteiger partial charge < -0.3 is 9.97 Å². The smallest absolute Gasteiger partial charge is 0.115 e. The molecule has 0 amide bonds. The van der Waals surface area contributed by atoms with Crippen molar-refractivity contribution < 1.29 is 0 Å². The normalized spacial score (nSPS) is 10.5. The van der Waals surface area contributed by atoms with Crippen LogP contribution in [-0.4, -0.2) is 9.97 Å². The Balaban J connectivity index is 3.06. The van der Waals surface area contributed by atoms with Crippen molar-refractivity contribution in [2.24, 2.45) is 0 Å². The third-order valence-corrected chi connectivity index (χ3v) is 1.20. The van der Waals surface area contributed by atoms with Gasteiger partial charge >= 0.3 is 0 Å². The molecule has 0 aliphatic heterocycles. The number of nitrogens with one attached hydrogen (secondary N) is 2. The Morgan fingerprint density at radius 1 is 1.50 bits per heavy atom. The summed E-state index contributed by atoms with van der Waals surface area (Å²) in [6, 6.07) is 3.91. The van der Waals surface area contributed by atoms with Crippen molar-refractivity contribution in [2.45, 2.75) is 0 Å². The number of hydrogen-bond acceptors (Lipinski definition) is 0. The van der Waals surface area contributed by atoms with E-state index in [1.54, 1.807) is 0 Å². The summed E-state index contributed by atoms with van der Waals surface area (Å²) in [7, 11) is 0. The molecule has 0 aromatic carbocycles. The second-order valence-electron chi connectivity index (χ2n) is 1.72. The molecule has 0 bridgehead atoms. The van der Waals surface area contributed by atoms with Gasteiger partial charge in [0, 0.05) is 11.6 Å². The van der Waals surface area contributed by atoms with E-state index in [0.717, 1.165) is 5.65 Å². The molecular formula is C6H5N2. The highest BCUT2D eigenvalue weighted by Gasteiger charge is 1.89. The van der Waals surface area contributed by atoms with Gasteiger partial charge in [0.05, 0.1) is 6.20 Å². The van der Waals surface area contributed by atoms with Gasteiger partial charge in [-0.25, -0.2) is 0 Å². The molecule has 2 heterocycles. The van der Waals surface area contributed by atoms with E-state index in [0.29, 0.717) is 0 Å². The Kier molecular flexibility index (Phi) is 0.545. The van der Waals surface area contributed by atoms with Gasteiger partial charge in [0.15, 0.2) is 0 Å². The molecule has 0 fully saturated rings. The van der Waals surface area contributed by atoms with Gasteiger partial charge in [0.2, 0.25) is 0 Å². The predicted octanol–water partition coefficient (Wildman–Crippen LogP) is 1.30. The second-order valence-corrected chi connectivity index (χ2v) is 1.72. The Morgan fingerprint density at radius 3 is 3.38 bits per heavy atom. The molecule has 2 heteroatoms. The fourth-order valence-corrected chi connectivity index (χ4v) is 0.796. The van der Waals surface area contributed by atoms with E-state index in [1.807, 2.05) is 18.3 Å². The average Bonchev–Trinajstić information content (AvgIpc) is 2.15. The SMILES string of the molecule is [c]1cc2cc[nH]c2[nH]1. The fraction of sp³-hybridized carbons (Fsp3) is 0. The van der Waals surface area contributed by atoms with Crippen LogP contribution in [-0.2, 0) is 0 Å². The zero-order chi connectivity index (χ0) is 5.40. The first-order valence-corrected chi connectivity index (χ1v) is 2.49. The van der Waals surface area contributed by atoms with Crippen molar-refractivity contribution in [1.82, 2.24) is 9.97 Å². The zero-order valence-corrected chi connectivity index (χ0v) is 4.23. The molecule has 1 radical (unpaired) electrons. The van der Waals surface area contributed by atoms with Gasteiger partial charge in [-0.1, -0.05) is 0 Å². The van der Waals surface area contributed by atoms with Crippen LogP contribution in [0.3, 0.4) is 0 Å². The van der Waals surface area contributed by atoms with Crippen molar-refractivity contribution in [2.75, 3.05) is 0 Å². The van der Waals surface area contributed by atoms with Crippen molar-refractivity contribution in [3.8, 4) is 0 Å². The number of H-pyrrole nitrogens is 2. The lowest BCUT2D eigenvalue weighted by atomic mass is 10.4. The molecule has 0 saturated carbocycles. The second kappa shape index (κ2) is 1.15. The lowest BCUT2D eigenvalue weighted by molar-refractivity contribution is 1.34. The number of hydrogen-bond donors (Lipinski definition) is 2. The van der Waals surface area contributed by atoms with Crippen LogP contribution in [0.25, 0.3) is 11.0 Å². The minimum Gasteiger partial charge on any atom is -0.348 e. The van der Waals surface area contributed by atoms with E-state index in [9.17, 15) is 0 Å². The third kappa shape index (κ3) is 0.320. The monoisotopic (exact) mass is 105 g/mol. The Morgan fingerprint density at radius 2 is 2.50 bits per heavy atom. The summed E-state index contributed by atoms with van der Waals surface area (Å²) in [5, 5.41) is 1.19. The quantitative estimate of drug-likeness (QED) is 0.506. The first-order chi connectivity index (χ1) is 3.97. The summed E-state index contributed by atoms with van der Waals surface area (Å²) in [5.41, 5.74) is 1.05. The summed E-state index contributed by atoms with van der Waals surface area (Å²) in [5.74, 6) is 0. The van der Waals surface area contributed by atoms with Crippen LogP contribution in [0.5, 0.6) is 0 Å². The number of fused-ring (bicyclic) bond motifs is 1. The van der Waals surface area contributed by atoms with Crippen LogP contribution in [0.4, 0.5) is 0 Å². The lowest BCUT2D eigenvalue weighted by Crippen LogP contribution is -1.59. The fourth-order valence-electron chi connectivity index (χ4n) is 0.796. The van der Waals surface area contributed by atoms with Gasteiger partial charge in [-0.2, -0.15) is 0 Å². The molecule has 2 aromatic rings. The van der Waals surface area contributed by atoms with Crippen LogP contribution in [0.1, 0.15) is 0 Å². The minimum atomic E-state index is 1.05. The molecule has 0 aliphatic carbocycles. The topological polar surface area (TPSA) is 31.6 Å². The highest BCUT2D eigenvalue weighted by Crippen LogP contribution is 2.06. The van der Waals surface area contributed by atoms with Gasteiger partial charge in [-0.3, -0.25) is 0 Å². The molecule has 0 unspecified atom stereocenters. The standard InChI is InChI=1S/C6H5N2/c1-3-7-6-5(1)2-4-8-6/h1-3,7-8H. The highest BCUT2D eigenvalue weighted by atomic mass is 14.8. The van der Waals surface area contributed by atoms with Gasteiger partial charge in [-0.15, -0.1) is 0 Å². The van der Waals surface area contributed by atoms with Gasteiger partial charge in [0.25, 0.3) is 0 Å². The Bertz CT molecular complexity index is 228. The van der Waals surface area contributed by atoms with Crippen molar-refractivity contribution in [1.29, 1.82) is 0 Å². The maximum atomic E-state index is 3.01. The molecule has 39 valence electrons. The first kappa shape index (κ1) is 3.78. The number of aromatic amines is 2. The summed E-state index contributed by atoms with van der Waals surface area (Å²) in [6.45, 7) is 0. The summed E-state index contributed by atoms with van der Waals surface area (Å²) >= 11 is 0. The maximum absolute atomic E-state index is 3.01. The molecule has 2 N–H and O–H groups in total. The van der Waals surface area contributed by atoms with E-state index in [1.165, 1.54) is 5.39 Å². The molecule has 0 spiro atoms. The van der Waals surface area contributed by atoms with Crippen LogP contribution in [0, 0.1) is 6.20 Å². The molecule has 2 aromatic heterocycles. The van der Waals surface area contributed by atoms with Gasteiger partial charge in [-0.05, 0) is 12.1 Å². The molecule has 2 nitrogen and oxygen atoms in total. The molecule has 8 heavy (non-hydrogen) atoms. The largest absolute Gasteiger partial charge is 0.348 e. The predicted molar refractivity (Wildman–Crippen MR) is 31.5 cm³/mol. The lowest BCUT2D eigenvalue weighted by Gasteiger charge is -1.69. The summed E-state index contributed by atoms with van der Waals surface area (Å²) < 4.78 is 0. The first-order valence-electron chi connectivity index (χ1n) is 2.49. The van der Waals surface area contributed by atoms with Gasteiger partial charge in [0.1, 0.15) is 5.65 Å². The van der Waals surface area contributed by atoms with Crippen LogP contribution in [0.15, 0.2) is 18.3 Å². The molecule has 0 saturated heterocycles. The molecule has 2 rings (SSSR count). The summed E-state index contributed by atoms with van der Waals surface area (Å²) in [6.07, 6.45) is 4.76. The highest BCUT2D eigenvalue weighted by molar-refractivity contribution is 5.75. The maximum Gasteiger partial charge on any atom is 0.115 e. The van der Waals surface area contributed by atoms with Crippen LogP contribution in [0.2, 0.25) is 0 Å². The molecular weight excluding hydrogens is 100 g/mol. The third-order valence-electron chi connectivity index (χ3n) is 1.20. The molecule has 0 aliphatic rings. The zero-order valence-electron chi connectivity index (χ0n) is 4.23. The van der Waals surface area contributed by atoms with Crippen LogP contribution < -0.4 is 0 Å². The van der Waals surface area contributed by atoms with Crippen molar-refractivity contribution in [3.63, 3.8) is 0 Å². The minimum absolute atomic E-state index is 1.05. The Hall–Kier alpha value is -1.18. The van der Waals surface area contributed by atoms with Crippen LogP contribution >= 0.6 is 0 Å². The van der Waals surface area contributed by atoms with Crippen molar-refractivity contribution in [3.05, 3.63) is 24.5 Å². The van der Waals surface area contributed by atoms with E-state index in [-0.39, 0.29) is 0 Å². The Labute approximate surface area is 46.5 Å². The van der Waals surface area contributed by atoms with E-state index in [2.05, 4.69) is 16.2 Å². The van der Waals surface area contributed by atoms with E-state index >= 15 is 0 Å². The van der Waals surface area contributed by atoms with Crippen molar-refractivity contribution >= 4 is 11.0 Å². The molecule has 0 atom stereocenters.